The number of rotatable bonds is 5. The van der Waals surface area contributed by atoms with E-state index in [1.807, 2.05) is 0 Å². The van der Waals surface area contributed by atoms with Crippen LogP contribution in [0, 0.1) is 0 Å². The Balaban J connectivity index is 1.67. The van der Waals surface area contributed by atoms with Crippen LogP contribution < -0.4 is 5.32 Å². The number of ether oxygens (including phenoxy) is 1. The van der Waals surface area contributed by atoms with Gasteiger partial charge in [-0.15, -0.1) is 0 Å². The number of ketones is 1. The molecule has 2 heterocycles. The summed E-state index contributed by atoms with van der Waals surface area (Å²) >= 11 is 0. The van der Waals surface area contributed by atoms with Crippen LogP contribution in [0.4, 0.5) is 0 Å². The van der Waals surface area contributed by atoms with E-state index in [4.69, 9.17) is 9.15 Å². The monoisotopic (exact) mass is 209 g/mol. The minimum atomic E-state index is -0.0991. The Hall–Kier alpha value is -1.13. The predicted molar refractivity (Wildman–Crippen MR) is 54.9 cm³/mol. The lowest BCUT2D eigenvalue weighted by Gasteiger charge is -2.09. The van der Waals surface area contributed by atoms with Crippen molar-refractivity contribution in [2.75, 3.05) is 19.8 Å². The zero-order chi connectivity index (χ0) is 10.5. The fourth-order valence-electron chi connectivity index (χ4n) is 1.70. The topological polar surface area (TPSA) is 51.5 Å². The SMILES string of the molecule is O=C(COCC1CCCN1)c1ccco1. The first-order valence-electron chi connectivity index (χ1n) is 5.24. The molecular weight excluding hydrogens is 194 g/mol. The van der Waals surface area contributed by atoms with Gasteiger partial charge in [0.05, 0.1) is 12.9 Å². The summed E-state index contributed by atoms with van der Waals surface area (Å²) in [5, 5.41) is 3.31. The molecule has 0 bridgehead atoms. The zero-order valence-electron chi connectivity index (χ0n) is 8.57. The molecule has 1 aromatic heterocycles. The van der Waals surface area contributed by atoms with E-state index in [0.717, 1.165) is 13.0 Å². The molecule has 0 aliphatic carbocycles. The average molecular weight is 209 g/mol. The molecule has 0 spiro atoms. The minimum absolute atomic E-state index is 0.0991. The molecule has 0 aromatic carbocycles. The second-order valence-corrected chi connectivity index (χ2v) is 3.71. The molecule has 0 radical (unpaired) electrons. The van der Waals surface area contributed by atoms with E-state index in [9.17, 15) is 4.79 Å². The predicted octanol–water partition coefficient (Wildman–Crippen LogP) is 1.23. The van der Waals surface area contributed by atoms with Crippen LogP contribution >= 0.6 is 0 Å². The first-order chi connectivity index (χ1) is 7.36. The van der Waals surface area contributed by atoms with Crippen LogP contribution in [0.2, 0.25) is 0 Å². The number of carbonyl (C=O) groups is 1. The third-order valence-electron chi connectivity index (χ3n) is 2.51. The van der Waals surface area contributed by atoms with E-state index in [-0.39, 0.29) is 12.4 Å². The molecule has 1 unspecified atom stereocenters. The Morgan fingerprint density at radius 1 is 1.67 bits per heavy atom. The van der Waals surface area contributed by atoms with Gasteiger partial charge in [-0.1, -0.05) is 0 Å². The van der Waals surface area contributed by atoms with Crippen molar-refractivity contribution >= 4 is 5.78 Å². The van der Waals surface area contributed by atoms with Crippen LogP contribution in [0.1, 0.15) is 23.4 Å². The summed E-state index contributed by atoms with van der Waals surface area (Å²) in [6, 6.07) is 3.76. The number of carbonyl (C=O) groups excluding carboxylic acids is 1. The maximum absolute atomic E-state index is 11.4. The maximum Gasteiger partial charge on any atom is 0.223 e. The molecule has 2 rings (SSSR count). The van der Waals surface area contributed by atoms with Crippen LogP contribution in [-0.2, 0) is 4.74 Å². The van der Waals surface area contributed by atoms with Crippen LogP contribution in [0.25, 0.3) is 0 Å². The van der Waals surface area contributed by atoms with Gasteiger partial charge in [-0.05, 0) is 31.5 Å². The molecule has 1 aromatic rings. The van der Waals surface area contributed by atoms with Gasteiger partial charge in [0.2, 0.25) is 5.78 Å². The lowest BCUT2D eigenvalue weighted by Crippen LogP contribution is -2.27. The lowest BCUT2D eigenvalue weighted by atomic mass is 10.2. The van der Waals surface area contributed by atoms with Crippen molar-refractivity contribution in [2.24, 2.45) is 0 Å². The summed E-state index contributed by atoms with van der Waals surface area (Å²) in [5.74, 6) is 0.271. The quantitative estimate of drug-likeness (QED) is 0.741. The van der Waals surface area contributed by atoms with Crippen molar-refractivity contribution in [1.82, 2.24) is 5.32 Å². The van der Waals surface area contributed by atoms with E-state index in [0.29, 0.717) is 18.4 Å². The number of furan rings is 1. The Morgan fingerprint density at radius 2 is 2.60 bits per heavy atom. The van der Waals surface area contributed by atoms with Crippen molar-refractivity contribution < 1.29 is 13.9 Å². The smallest absolute Gasteiger partial charge is 0.223 e. The molecule has 15 heavy (non-hydrogen) atoms. The molecule has 1 aliphatic heterocycles. The van der Waals surface area contributed by atoms with Gasteiger partial charge in [-0.3, -0.25) is 4.79 Å². The zero-order valence-corrected chi connectivity index (χ0v) is 8.57. The molecule has 0 amide bonds. The molecule has 1 atom stereocenters. The van der Waals surface area contributed by atoms with E-state index < -0.39 is 0 Å². The highest BCUT2D eigenvalue weighted by Crippen LogP contribution is 2.06. The number of nitrogens with one attached hydrogen (secondary N) is 1. The Labute approximate surface area is 88.6 Å². The normalized spacial score (nSPS) is 20.7. The summed E-state index contributed by atoms with van der Waals surface area (Å²) in [7, 11) is 0. The minimum Gasteiger partial charge on any atom is -0.461 e. The molecule has 4 nitrogen and oxygen atoms in total. The molecule has 1 aliphatic rings. The van der Waals surface area contributed by atoms with Crippen LogP contribution in [0.15, 0.2) is 22.8 Å². The summed E-state index contributed by atoms with van der Waals surface area (Å²) in [6.45, 7) is 1.76. The molecule has 82 valence electrons. The number of hydrogen-bond donors (Lipinski definition) is 1. The van der Waals surface area contributed by atoms with Gasteiger partial charge in [0, 0.05) is 6.04 Å². The highest BCUT2D eigenvalue weighted by atomic mass is 16.5. The molecule has 1 saturated heterocycles. The van der Waals surface area contributed by atoms with E-state index in [1.54, 1.807) is 12.1 Å². The van der Waals surface area contributed by atoms with Gasteiger partial charge >= 0.3 is 0 Å². The standard InChI is InChI=1S/C11H15NO3/c13-10(11-4-2-6-15-11)8-14-7-9-3-1-5-12-9/h2,4,6,9,12H,1,3,5,7-8H2. The van der Waals surface area contributed by atoms with Crippen molar-refractivity contribution in [3.8, 4) is 0 Å². The number of hydrogen-bond acceptors (Lipinski definition) is 4. The van der Waals surface area contributed by atoms with Gasteiger partial charge in [0.1, 0.15) is 6.61 Å². The van der Waals surface area contributed by atoms with Gasteiger partial charge in [0.25, 0.3) is 0 Å². The van der Waals surface area contributed by atoms with Crippen molar-refractivity contribution in [1.29, 1.82) is 0 Å². The molecule has 1 fully saturated rings. The van der Waals surface area contributed by atoms with E-state index >= 15 is 0 Å². The molecular formula is C11H15NO3. The van der Waals surface area contributed by atoms with Crippen molar-refractivity contribution in [3.63, 3.8) is 0 Å². The maximum atomic E-state index is 11.4. The van der Waals surface area contributed by atoms with Crippen LogP contribution in [0.5, 0.6) is 0 Å². The van der Waals surface area contributed by atoms with Gasteiger partial charge in [0.15, 0.2) is 5.76 Å². The first kappa shape index (κ1) is 10.4. The third-order valence-corrected chi connectivity index (χ3v) is 2.51. The van der Waals surface area contributed by atoms with Gasteiger partial charge < -0.3 is 14.5 Å². The van der Waals surface area contributed by atoms with Crippen molar-refractivity contribution in [2.45, 2.75) is 18.9 Å². The fraction of sp³-hybridized carbons (Fsp3) is 0.545. The Morgan fingerprint density at radius 3 is 3.27 bits per heavy atom. The lowest BCUT2D eigenvalue weighted by molar-refractivity contribution is 0.0697. The van der Waals surface area contributed by atoms with Crippen LogP contribution in [0.3, 0.4) is 0 Å². The molecule has 4 heteroatoms. The van der Waals surface area contributed by atoms with Crippen molar-refractivity contribution in [3.05, 3.63) is 24.2 Å². The summed E-state index contributed by atoms with van der Waals surface area (Å²) < 4.78 is 10.3. The average Bonchev–Trinajstić information content (AvgIpc) is 2.90. The summed E-state index contributed by atoms with van der Waals surface area (Å²) in [4.78, 5) is 11.4. The Bertz CT molecular complexity index is 302. The first-order valence-corrected chi connectivity index (χ1v) is 5.24. The fourth-order valence-corrected chi connectivity index (χ4v) is 1.70. The molecule has 1 N–H and O–H groups in total. The Kier molecular flexibility index (Phi) is 3.53. The second-order valence-electron chi connectivity index (χ2n) is 3.71. The highest BCUT2D eigenvalue weighted by Gasteiger charge is 2.15. The summed E-state index contributed by atoms with van der Waals surface area (Å²) in [5.41, 5.74) is 0. The third kappa shape index (κ3) is 2.91. The molecule has 0 saturated carbocycles. The van der Waals surface area contributed by atoms with E-state index in [1.165, 1.54) is 12.7 Å². The number of Topliss-reactive ketones (excluding diaryl/α,β-unsaturated/α-hetero) is 1. The highest BCUT2D eigenvalue weighted by molar-refractivity contribution is 5.94. The van der Waals surface area contributed by atoms with Gasteiger partial charge in [-0.25, -0.2) is 0 Å². The van der Waals surface area contributed by atoms with Crippen LogP contribution in [-0.4, -0.2) is 31.6 Å². The van der Waals surface area contributed by atoms with Gasteiger partial charge in [-0.2, -0.15) is 0 Å². The largest absolute Gasteiger partial charge is 0.461 e. The second kappa shape index (κ2) is 5.09. The summed E-state index contributed by atoms with van der Waals surface area (Å²) in [6.07, 6.45) is 3.82. The van der Waals surface area contributed by atoms with E-state index in [2.05, 4.69) is 5.32 Å².